The second-order valence-corrected chi connectivity index (χ2v) is 9.37. The predicted molar refractivity (Wildman–Crippen MR) is 122 cm³/mol. The van der Waals surface area contributed by atoms with Crippen LogP contribution in [0.3, 0.4) is 0 Å². The van der Waals surface area contributed by atoms with Crippen molar-refractivity contribution in [1.82, 2.24) is 5.32 Å². The topological polar surface area (TPSA) is 32.3 Å². The van der Waals surface area contributed by atoms with Crippen molar-refractivity contribution in [2.24, 2.45) is 0 Å². The fourth-order valence-electron chi connectivity index (χ4n) is 3.63. The molecule has 2 unspecified atom stereocenters. The van der Waals surface area contributed by atoms with Crippen LogP contribution < -0.4 is 10.6 Å². The molecule has 0 spiro atoms. The van der Waals surface area contributed by atoms with Crippen LogP contribution in [-0.4, -0.2) is 12.2 Å². The van der Waals surface area contributed by atoms with Gasteiger partial charge in [0.05, 0.1) is 0 Å². The summed E-state index contributed by atoms with van der Waals surface area (Å²) in [5, 5.41) is 15.7. The molecule has 3 aromatic rings. The molecule has 0 aromatic heterocycles. The summed E-state index contributed by atoms with van der Waals surface area (Å²) in [6, 6.07) is 25.2. The van der Waals surface area contributed by atoms with Gasteiger partial charge < -0.3 is 10.4 Å². The average Bonchev–Trinajstić information content (AvgIpc) is 2.72. The minimum absolute atomic E-state index is 0.0966. The van der Waals surface area contributed by atoms with Crippen LogP contribution in [0.4, 0.5) is 0 Å². The van der Waals surface area contributed by atoms with E-state index in [-0.39, 0.29) is 5.16 Å². The lowest BCUT2D eigenvalue weighted by Gasteiger charge is -2.31. The van der Waals surface area contributed by atoms with E-state index in [1.807, 2.05) is 31.3 Å². The molecular formula is C25H30NOP. The van der Waals surface area contributed by atoms with Gasteiger partial charge in [-0.05, 0) is 35.5 Å². The summed E-state index contributed by atoms with van der Waals surface area (Å²) in [4.78, 5) is 0. The number of phenolic OH excluding ortho intramolecular Hbond substituents is 1. The summed E-state index contributed by atoms with van der Waals surface area (Å²) in [5.74, 6) is 0.453. The lowest BCUT2D eigenvalue weighted by Crippen LogP contribution is -2.22. The highest BCUT2D eigenvalue weighted by Gasteiger charge is 2.29. The van der Waals surface area contributed by atoms with Gasteiger partial charge in [0.15, 0.2) is 0 Å². The van der Waals surface area contributed by atoms with Crippen molar-refractivity contribution < 1.29 is 5.11 Å². The number of phenols is 1. The summed E-state index contributed by atoms with van der Waals surface area (Å²) < 4.78 is 0. The lowest BCUT2D eigenvalue weighted by molar-refractivity contribution is 0.451. The van der Waals surface area contributed by atoms with E-state index in [0.29, 0.717) is 14.3 Å². The molecule has 3 rings (SSSR count). The minimum atomic E-state index is -0.0966. The number of para-hydroxylation sites is 1. The lowest BCUT2D eigenvalue weighted by atomic mass is 9.92. The highest BCUT2D eigenvalue weighted by Crippen LogP contribution is 2.48. The molecule has 0 radical (unpaired) electrons. The van der Waals surface area contributed by atoms with Gasteiger partial charge in [-0.15, -0.1) is 0 Å². The van der Waals surface area contributed by atoms with Gasteiger partial charge >= 0.3 is 0 Å². The van der Waals surface area contributed by atoms with E-state index in [1.54, 1.807) is 0 Å². The number of rotatable bonds is 8. The van der Waals surface area contributed by atoms with Crippen LogP contribution in [0.25, 0.3) is 0 Å². The second kappa shape index (κ2) is 9.37. The van der Waals surface area contributed by atoms with Gasteiger partial charge in [0.1, 0.15) is 5.75 Å². The molecule has 146 valence electrons. The maximum atomic E-state index is 11.2. The molecule has 3 heteroatoms. The highest BCUT2D eigenvalue weighted by molar-refractivity contribution is 7.48. The molecule has 0 saturated carbocycles. The van der Waals surface area contributed by atoms with Crippen molar-refractivity contribution in [3.05, 3.63) is 95.1 Å². The second-order valence-electron chi connectivity index (χ2n) is 7.47. The average molecular weight is 391 g/mol. The van der Waals surface area contributed by atoms with Crippen molar-refractivity contribution >= 4 is 13.9 Å². The van der Waals surface area contributed by atoms with E-state index in [2.05, 4.69) is 67.7 Å². The quantitative estimate of drug-likeness (QED) is 0.509. The van der Waals surface area contributed by atoms with Gasteiger partial charge in [0.25, 0.3) is 0 Å². The third-order valence-corrected chi connectivity index (χ3v) is 7.39. The SMILES string of the molecule is CCC(C)(Pc1ccccc1CNC)c1cccc(Cc2ccccc2)c1O. The summed E-state index contributed by atoms with van der Waals surface area (Å²) in [6.45, 7) is 5.36. The number of hydrogen-bond acceptors (Lipinski definition) is 2. The number of hydrogen-bond donors (Lipinski definition) is 2. The predicted octanol–water partition coefficient (Wildman–Crippen LogP) is 5.33. The van der Waals surface area contributed by atoms with Crippen LogP contribution in [0, 0.1) is 0 Å². The smallest absolute Gasteiger partial charge is 0.123 e. The van der Waals surface area contributed by atoms with Gasteiger partial charge in [-0.1, -0.05) is 95.2 Å². The fourth-order valence-corrected chi connectivity index (χ4v) is 5.24. The molecule has 3 aromatic carbocycles. The molecule has 0 fully saturated rings. The van der Waals surface area contributed by atoms with E-state index < -0.39 is 0 Å². The molecule has 0 saturated heterocycles. The Hall–Kier alpha value is -2.15. The van der Waals surface area contributed by atoms with Crippen molar-refractivity contribution in [2.75, 3.05) is 7.05 Å². The maximum Gasteiger partial charge on any atom is 0.123 e. The molecule has 0 aliphatic rings. The monoisotopic (exact) mass is 391 g/mol. The molecule has 0 amide bonds. The zero-order valence-corrected chi connectivity index (χ0v) is 18.0. The van der Waals surface area contributed by atoms with E-state index in [4.69, 9.17) is 0 Å². The van der Waals surface area contributed by atoms with Crippen LogP contribution in [-0.2, 0) is 18.1 Å². The summed E-state index contributed by atoms with van der Waals surface area (Å²) >= 11 is 0. The van der Waals surface area contributed by atoms with Crippen molar-refractivity contribution in [3.63, 3.8) is 0 Å². The van der Waals surface area contributed by atoms with Crippen LogP contribution >= 0.6 is 8.58 Å². The number of nitrogens with one attached hydrogen (secondary N) is 1. The van der Waals surface area contributed by atoms with Gasteiger partial charge in [-0.25, -0.2) is 0 Å². The molecule has 2 nitrogen and oxygen atoms in total. The fraction of sp³-hybridized carbons (Fsp3) is 0.280. The zero-order valence-electron chi connectivity index (χ0n) is 17.0. The van der Waals surface area contributed by atoms with Crippen LogP contribution in [0.5, 0.6) is 5.75 Å². The molecule has 0 bridgehead atoms. The van der Waals surface area contributed by atoms with Gasteiger partial charge in [-0.3, -0.25) is 0 Å². The molecule has 0 aliphatic heterocycles. The number of benzene rings is 3. The largest absolute Gasteiger partial charge is 0.507 e. The van der Waals surface area contributed by atoms with Gasteiger partial charge in [0, 0.05) is 23.7 Å². The van der Waals surface area contributed by atoms with Gasteiger partial charge in [0.2, 0.25) is 0 Å². The Kier molecular flexibility index (Phi) is 6.88. The minimum Gasteiger partial charge on any atom is -0.507 e. The first kappa shape index (κ1) is 20.6. The first-order valence-corrected chi connectivity index (χ1v) is 10.9. The zero-order chi connectivity index (χ0) is 20.0. The molecule has 2 N–H and O–H groups in total. The maximum absolute atomic E-state index is 11.2. The summed E-state index contributed by atoms with van der Waals surface area (Å²) in [7, 11) is 2.58. The highest BCUT2D eigenvalue weighted by atomic mass is 31.1. The van der Waals surface area contributed by atoms with Crippen LogP contribution in [0.1, 0.15) is 42.5 Å². The van der Waals surface area contributed by atoms with E-state index in [1.165, 1.54) is 16.4 Å². The standard InChI is InChI=1S/C25H30NOP/c1-4-25(2,28-23-16-9-8-13-21(23)18-26-3)22-15-10-14-20(24(22)27)17-19-11-6-5-7-12-19/h5-16,26-28H,4,17-18H2,1-3H3. The van der Waals surface area contributed by atoms with E-state index in [9.17, 15) is 5.11 Å². The molecular weight excluding hydrogens is 361 g/mol. The summed E-state index contributed by atoms with van der Waals surface area (Å²) in [5.41, 5.74) is 4.61. The van der Waals surface area contributed by atoms with Crippen LogP contribution in [0.15, 0.2) is 72.8 Å². The van der Waals surface area contributed by atoms with Crippen molar-refractivity contribution in [1.29, 1.82) is 0 Å². The first-order valence-electron chi connectivity index (χ1n) is 9.93. The normalized spacial score (nSPS) is 13.7. The first-order chi connectivity index (χ1) is 13.6. The Labute approximate surface area is 170 Å². The number of aromatic hydroxyl groups is 1. The van der Waals surface area contributed by atoms with E-state index in [0.717, 1.165) is 30.5 Å². The molecule has 0 heterocycles. The van der Waals surface area contributed by atoms with E-state index >= 15 is 0 Å². The summed E-state index contributed by atoms with van der Waals surface area (Å²) in [6.07, 6.45) is 1.72. The Bertz CT molecular complexity index is 909. The van der Waals surface area contributed by atoms with Gasteiger partial charge in [-0.2, -0.15) is 0 Å². The molecule has 2 atom stereocenters. The Morgan fingerprint density at radius 3 is 2.29 bits per heavy atom. The van der Waals surface area contributed by atoms with Crippen molar-refractivity contribution in [3.8, 4) is 5.75 Å². The Morgan fingerprint density at radius 2 is 1.57 bits per heavy atom. The molecule has 0 aliphatic carbocycles. The van der Waals surface area contributed by atoms with Crippen molar-refractivity contribution in [2.45, 2.75) is 38.4 Å². The Morgan fingerprint density at radius 1 is 0.893 bits per heavy atom. The van der Waals surface area contributed by atoms with Crippen LogP contribution in [0.2, 0.25) is 0 Å². The third kappa shape index (κ3) is 4.63. The third-order valence-electron chi connectivity index (χ3n) is 5.45. The Balaban J connectivity index is 1.94. The molecule has 28 heavy (non-hydrogen) atoms.